The van der Waals surface area contributed by atoms with Crippen LogP contribution in [-0.4, -0.2) is 46.2 Å². The highest BCUT2D eigenvalue weighted by Crippen LogP contribution is 2.46. The summed E-state index contributed by atoms with van der Waals surface area (Å²) in [6.07, 6.45) is 9.16. The summed E-state index contributed by atoms with van der Waals surface area (Å²) in [5.74, 6) is 8.89. The number of thiophene rings is 1. The van der Waals surface area contributed by atoms with Crippen LogP contribution >= 0.6 is 22.9 Å². The second kappa shape index (κ2) is 8.18. The highest BCUT2D eigenvalue weighted by molar-refractivity contribution is 7.13. The van der Waals surface area contributed by atoms with E-state index in [0.29, 0.717) is 10.9 Å². The van der Waals surface area contributed by atoms with Gasteiger partial charge in [-0.25, -0.2) is 4.98 Å². The molecule has 2 aromatic heterocycles. The Balaban J connectivity index is 1.26. The molecule has 0 radical (unpaired) electrons. The number of benzene rings is 1. The molecule has 0 bridgehead atoms. The molecule has 1 saturated heterocycles. The van der Waals surface area contributed by atoms with E-state index >= 15 is 0 Å². The SMILES string of the molecule is N[N+]12C=CN=CC1=C(C1CC(CN3CCC3)C1)N=C2c1cc2nc(-c3cccs3)ccc2cc1Cl. The van der Waals surface area contributed by atoms with Gasteiger partial charge in [0.15, 0.2) is 0 Å². The Bertz CT molecular complexity index is 1450. The van der Waals surface area contributed by atoms with Crippen molar-refractivity contribution in [1.29, 1.82) is 0 Å². The average molecular weight is 502 g/mol. The molecule has 4 aliphatic rings. The van der Waals surface area contributed by atoms with Crippen molar-refractivity contribution < 1.29 is 4.59 Å². The number of aliphatic imine (C=N–C) groups is 2. The van der Waals surface area contributed by atoms with Crippen molar-refractivity contribution in [1.82, 2.24) is 9.88 Å². The molecule has 1 aliphatic carbocycles. The van der Waals surface area contributed by atoms with Gasteiger partial charge in [-0.1, -0.05) is 23.7 Å². The van der Waals surface area contributed by atoms with Crippen LogP contribution in [0.3, 0.4) is 0 Å². The molecule has 0 amide bonds. The van der Waals surface area contributed by atoms with Crippen LogP contribution in [0, 0.1) is 11.8 Å². The Labute approximate surface area is 213 Å². The van der Waals surface area contributed by atoms with Gasteiger partial charge in [0.2, 0.25) is 5.70 Å². The molecule has 6 nitrogen and oxygen atoms in total. The minimum Gasteiger partial charge on any atom is -0.303 e. The molecule has 176 valence electrons. The van der Waals surface area contributed by atoms with Crippen molar-refractivity contribution in [2.75, 3.05) is 19.6 Å². The van der Waals surface area contributed by atoms with E-state index in [0.717, 1.165) is 63.0 Å². The molecule has 7 rings (SSSR count). The molecule has 1 saturated carbocycles. The van der Waals surface area contributed by atoms with Crippen LogP contribution in [0.15, 0.2) is 75.6 Å². The largest absolute Gasteiger partial charge is 0.303 e. The van der Waals surface area contributed by atoms with Crippen molar-refractivity contribution in [3.63, 3.8) is 0 Å². The van der Waals surface area contributed by atoms with Crippen molar-refractivity contribution in [3.05, 3.63) is 76.2 Å². The topological polar surface area (TPSA) is 66.9 Å². The third-order valence-corrected chi connectivity index (χ3v) is 8.91. The highest BCUT2D eigenvalue weighted by Gasteiger charge is 2.48. The normalized spacial score (nSPS) is 27.7. The molecule has 2 N–H and O–H groups in total. The molecule has 1 atom stereocenters. The quantitative estimate of drug-likeness (QED) is 0.367. The fourth-order valence-corrected chi connectivity index (χ4v) is 6.55. The molecule has 0 spiro atoms. The first kappa shape index (κ1) is 21.6. The first-order chi connectivity index (χ1) is 17.1. The number of pyridine rings is 1. The van der Waals surface area contributed by atoms with E-state index in [2.05, 4.69) is 27.4 Å². The van der Waals surface area contributed by atoms with Gasteiger partial charge in [-0.05, 0) is 67.9 Å². The first-order valence-corrected chi connectivity index (χ1v) is 13.4. The summed E-state index contributed by atoms with van der Waals surface area (Å²) in [5.41, 5.74) is 4.67. The number of nitrogens with zero attached hydrogens (tertiary/aromatic N) is 5. The number of quaternary nitrogens is 1. The van der Waals surface area contributed by atoms with E-state index in [1.165, 1.54) is 26.1 Å². The Morgan fingerprint density at radius 2 is 2.06 bits per heavy atom. The van der Waals surface area contributed by atoms with E-state index in [9.17, 15) is 0 Å². The van der Waals surface area contributed by atoms with Gasteiger partial charge >= 0.3 is 0 Å². The minimum atomic E-state index is 0.00195. The van der Waals surface area contributed by atoms with Crippen molar-refractivity contribution >= 4 is 45.9 Å². The van der Waals surface area contributed by atoms with Gasteiger partial charge in [0.25, 0.3) is 5.84 Å². The van der Waals surface area contributed by atoms with Crippen LogP contribution in [0.1, 0.15) is 24.8 Å². The average Bonchev–Trinajstić information content (AvgIpc) is 3.43. The van der Waals surface area contributed by atoms with E-state index in [1.807, 2.05) is 36.7 Å². The molecule has 1 aromatic carbocycles. The summed E-state index contributed by atoms with van der Waals surface area (Å²) in [6, 6.07) is 12.3. The van der Waals surface area contributed by atoms with E-state index in [4.69, 9.17) is 27.4 Å². The Morgan fingerprint density at radius 1 is 1.17 bits per heavy atom. The number of hydrogen-bond donors (Lipinski definition) is 1. The predicted molar refractivity (Wildman–Crippen MR) is 143 cm³/mol. The van der Waals surface area contributed by atoms with Crippen LogP contribution in [0.4, 0.5) is 0 Å². The fourth-order valence-electron chi connectivity index (χ4n) is 5.60. The lowest BCUT2D eigenvalue weighted by Crippen LogP contribution is -2.53. The number of fused-ring (bicyclic) bond motifs is 2. The third-order valence-electron chi connectivity index (χ3n) is 7.70. The minimum absolute atomic E-state index is 0.00195. The van der Waals surface area contributed by atoms with Crippen molar-refractivity contribution in [3.8, 4) is 10.6 Å². The summed E-state index contributed by atoms with van der Waals surface area (Å²) in [7, 11) is 0. The summed E-state index contributed by atoms with van der Waals surface area (Å²) >= 11 is 8.52. The summed E-state index contributed by atoms with van der Waals surface area (Å²) in [6.45, 7) is 3.71. The number of likely N-dealkylation sites (tertiary alicyclic amines) is 1. The van der Waals surface area contributed by atoms with Crippen molar-refractivity contribution in [2.24, 2.45) is 27.7 Å². The van der Waals surface area contributed by atoms with Crippen LogP contribution < -0.4 is 5.84 Å². The van der Waals surface area contributed by atoms with Gasteiger partial charge in [-0.15, -0.1) is 15.9 Å². The lowest BCUT2D eigenvalue weighted by atomic mass is 9.72. The fraction of sp³-hybridized carbons (Fsp3) is 0.296. The van der Waals surface area contributed by atoms with E-state index < -0.39 is 0 Å². The molecule has 8 heteroatoms. The molecule has 5 heterocycles. The number of hydrogen-bond acceptors (Lipinski definition) is 6. The number of allylic oxidation sites excluding steroid dienone is 2. The number of rotatable bonds is 5. The lowest BCUT2D eigenvalue weighted by molar-refractivity contribution is -0.750. The van der Waals surface area contributed by atoms with Gasteiger partial charge in [-0.3, -0.25) is 4.99 Å². The maximum absolute atomic E-state index is 7.00. The molecule has 35 heavy (non-hydrogen) atoms. The number of halogens is 1. The number of amidine groups is 1. The van der Waals surface area contributed by atoms with Crippen molar-refractivity contribution in [2.45, 2.75) is 19.3 Å². The van der Waals surface area contributed by atoms with Gasteiger partial charge in [0.05, 0.1) is 39.1 Å². The lowest BCUT2D eigenvalue weighted by Gasteiger charge is -2.41. The third kappa shape index (κ3) is 3.53. The first-order valence-electron chi connectivity index (χ1n) is 12.2. The molecule has 3 aromatic rings. The monoisotopic (exact) mass is 501 g/mol. The van der Waals surface area contributed by atoms with Crippen LogP contribution in [-0.2, 0) is 0 Å². The van der Waals surface area contributed by atoms with E-state index in [-0.39, 0.29) is 4.59 Å². The zero-order valence-electron chi connectivity index (χ0n) is 19.3. The van der Waals surface area contributed by atoms with Crippen LogP contribution in [0.5, 0.6) is 0 Å². The van der Waals surface area contributed by atoms with Crippen LogP contribution in [0.25, 0.3) is 21.5 Å². The summed E-state index contributed by atoms with van der Waals surface area (Å²) in [5, 5.41) is 3.70. The molecular weight excluding hydrogens is 476 g/mol. The standard InChI is InChI=1S/C27H26ClN6S/c28-21-13-18-4-5-22(25-3-1-10-35-25)31-23(18)14-20(21)27-32-26(24-15-30-6-9-34(24,27)29)19-11-17(12-19)16-33-7-2-8-33/h1,3-6,9-10,13-15,17,19H,2,7-8,11-12,16,29H2/q+1. The number of nitrogens with two attached hydrogens (primary N) is 1. The van der Waals surface area contributed by atoms with Gasteiger partial charge in [-0.2, -0.15) is 10.8 Å². The van der Waals surface area contributed by atoms with Gasteiger partial charge in [0.1, 0.15) is 11.9 Å². The zero-order chi connectivity index (χ0) is 23.6. The second-order valence-electron chi connectivity index (χ2n) is 9.95. The van der Waals surface area contributed by atoms with Gasteiger partial charge in [0, 0.05) is 17.8 Å². The molecular formula is C27H26ClN6S+. The summed E-state index contributed by atoms with van der Waals surface area (Å²) in [4.78, 5) is 18.2. The molecule has 3 aliphatic heterocycles. The Hall–Kier alpha value is -2.68. The molecule has 2 fully saturated rings. The van der Waals surface area contributed by atoms with E-state index in [1.54, 1.807) is 17.5 Å². The number of aromatic nitrogens is 1. The zero-order valence-corrected chi connectivity index (χ0v) is 20.8. The highest BCUT2D eigenvalue weighted by atomic mass is 35.5. The smallest absolute Gasteiger partial charge is 0.266 e. The molecule has 1 unspecified atom stereocenters. The van der Waals surface area contributed by atoms with Gasteiger partial charge < -0.3 is 4.90 Å². The Kier molecular flexibility index (Phi) is 5.05. The van der Waals surface area contributed by atoms with Crippen LogP contribution in [0.2, 0.25) is 5.02 Å². The maximum atomic E-state index is 7.00. The second-order valence-corrected chi connectivity index (χ2v) is 11.3. The predicted octanol–water partition coefficient (Wildman–Crippen LogP) is 5.57. The summed E-state index contributed by atoms with van der Waals surface area (Å²) < 4.78 is 0.00195. The maximum Gasteiger partial charge on any atom is 0.266 e. The Morgan fingerprint density at radius 3 is 2.83 bits per heavy atom.